The minimum Gasteiger partial charge on any atom is -0.507 e. The molecule has 0 aliphatic carbocycles. The van der Waals surface area contributed by atoms with Gasteiger partial charge in [0.25, 0.3) is 5.91 Å². The summed E-state index contributed by atoms with van der Waals surface area (Å²) in [4.78, 5) is 52.3. The lowest BCUT2D eigenvalue weighted by atomic mass is 9.98. The predicted octanol–water partition coefficient (Wildman–Crippen LogP) is 3.58. The number of phenols is 1. The highest BCUT2D eigenvalue weighted by molar-refractivity contribution is 7.12. The zero-order chi connectivity index (χ0) is 27.1. The number of nitrogens with one attached hydrogen (secondary N) is 2. The first kappa shape index (κ1) is 27.1. The molecule has 2 aromatic carbocycles. The Morgan fingerprint density at radius 3 is 2.61 bits per heavy atom. The van der Waals surface area contributed by atoms with Gasteiger partial charge in [-0.25, -0.2) is 0 Å². The van der Waals surface area contributed by atoms with Crippen LogP contribution in [0.3, 0.4) is 0 Å². The van der Waals surface area contributed by atoms with E-state index in [9.17, 15) is 24.3 Å². The van der Waals surface area contributed by atoms with E-state index < -0.39 is 0 Å². The van der Waals surface area contributed by atoms with Crippen LogP contribution in [0.25, 0.3) is 11.1 Å². The van der Waals surface area contributed by atoms with Crippen LogP contribution in [0.5, 0.6) is 5.75 Å². The number of aromatic hydroxyl groups is 1. The highest BCUT2D eigenvalue weighted by Gasteiger charge is 2.19. The number of Topliss-reactive ketones (excluding diaryl/α,β-unsaturated/α-hetero) is 1. The van der Waals surface area contributed by atoms with Gasteiger partial charge in [0.1, 0.15) is 5.75 Å². The Morgan fingerprint density at radius 1 is 1.00 bits per heavy atom. The number of benzene rings is 2. The standard InChI is InChI=1S/C29H31N3O5S/c1-19(33)26-14-21(18-38-26)15-28(36)32-12-3-2-10-31-29(37)23-6-4-5-22(16-23)24-13-20(7-8-25(24)34)9-11-30-27(35)17-32/h4-8,13-14,16,18,34H,2-3,9-12,15,17H2,1H3,(H,30,35)(H,31,37). The zero-order valence-corrected chi connectivity index (χ0v) is 22.1. The summed E-state index contributed by atoms with van der Waals surface area (Å²) >= 11 is 1.31. The Labute approximate surface area is 225 Å². The lowest BCUT2D eigenvalue weighted by molar-refractivity contribution is -0.135. The third kappa shape index (κ3) is 7.07. The van der Waals surface area contributed by atoms with Crippen molar-refractivity contribution in [2.75, 3.05) is 26.2 Å². The number of carbonyl (C=O) groups is 4. The summed E-state index contributed by atoms with van der Waals surface area (Å²) in [6.45, 7) is 2.60. The number of phenolic OH excluding ortho intramolecular Hbond substituents is 1. The van der Waals surface area contributed by atoms with Gasteiger partial charge in [0.05, 0.1) is 17.8 Å². The molecule has 0 saturated heterocycles. The topological polar surface area (TPSA) is 116 Å². The van der Waals surface area contributed by atoms with Gasteiger partial charge in [0, 0.05) is 30.8 Å². The van der Waals surface area contributed by atoms with Crippen LogP contribution < -0.4 is 10.6 Å². The van der Waals surface area contributed by atoms with Crippen molar-refractivity contribution in [1.29, 1.82) is 0 Å². The maximum absolute atomic E-state index is 13.1. The van der Waals surface area contributed by atoms with E-state index in [-0.39, 0.29) is 42.2 Å². The molecule has 2 heterocycles. The van der Waals surface area contributed by atoms with Gasteiger partial charge in [-0.1, -0.05) is 18.2 Å². The highest BCUT2D eigenvalue weighted by atomic mass is 32.1. The molecule has 198 valence electrons. The molecule has 8 nitrogen and oxygen atoms in total. The van der Waals surface area contributed by atoms with Gasteiger partial charge < -0.3 is 20.6 Å². The molecule has 0 radical (unpaired) electrons. The molecule has 0 spiro atoms. The number of hydrogen-bond donors (Lipinski definition) is 3. The third-order valence-electron chi connectivity index (χ3n) is 6.42. The molecular weight excluding hydrogens is 502 g/mol. The van der Waals surface area contributed by atoms with E-state index in [0.717, 1.165) is 16.7 Å². The van der Waals surface area contributed by atoms with Gasteiger partial charge in [-0.05, 0) is 78.6 Å². The fourth-order valence-corrected chi connectivity index (χ4v) is 5.15. The molecule has 1 aromatic heterocycles. The summed E-state index contributed by atoms with van der Waals surface area (Å²) in [6, 6.07) is 14.1. The molecule has 1 aliphatic heterocycles. The Balaban J connectivity index is 1.50. The number of ketones is 1. The molecule has 38 heavy (non-hydrogen) atoms. The van der Waals surface area contributed by atoms with E-state index in [0.29, 0.717) is 54.9 Å². The van der Waals surface area contributed by atoms with Crippen LogP contribution in [-0.2, 0) is 22.4 Å². The summed E-state index contributed by atoms with van der Waals surface area (Å²) < 4.78 is 0. The van der Waals surface area contributed by atoms with E-state index in [1.54, 1.807) is 41.8 Å². The Hall–Kier alpha value is -3.98. The van der Waals surface area contributed by atoms with Crippen molar-refractivity contribution in [2.24, 2.45) is 0 Å². The molecule has 1 aliphatic rings. The molecule has 3 aromatic rings. The average molecular weight is 534 g/mol. The van der Waals surface area contributed by atoms with Crippen LogP contribution in [-0.4, -0.2) is 59.7 Å². The van der Waals surface area contributed by atoms with Crippen LogP contribution in [0.1, 0.15) is 50.9 Å². The summed E-state index contributed by atoms with van der Waals surface area (Å²) in [6.07, 6.45) is 1.89. The van der Waals surface area contributed by atoms with E-state index in [2.05, 4.69) is 10.6 Å². The maximum atomic E-state index is 13.1. The highest BCUT2D eigenvalue weighted by Crippen LogP contribution is 2.31. The van der Waals surface area contributed by atoms with Gasteiger partial charge in [-0.3, -0.25) is 19.2 Å². The smallest absolute Gasteiger partial charge is 0.251 e. The van der Waals surface area contributed by atoms with E-state index in [4.69, 9.17) is 0 Å². The Kier molecular flexibility index (Phi) is 8.91. The number of amides is 3. The minimum absolute atomic E-state index is 0.0425. The first-order chi connectivity index (χ1) is 18.3. The molecule has 4 rings (SSSR count). The van der Waals surface area contributed by atoms with Crippen LogP contribution in [0.4, 0.5) is 0 Å². The molecule has 4 bridgehead atoms. The van der Waals surface area contributed by atoms with Crippen LogP contribution in [0.2, 0.25) is 0 Å². The van der Waals surface area contributed by atoms with Crippen molar-refractivity contribution in [3.05, 3.63) is 75.5 Å². The van der Waals surface area contributed by atoms with E-state index in [1.165, 1.54) is 23.2 Å². The van der Waals surface area contributed by atoms with Gasteiger partial charge in [-0.15, -0.1) is 11.3 Å². The predicted molar refractivity (Wildman–Crippen MR) is 146 cm³/mol. The van der Waals surface area contributed by atoms with Crippen molar-refractivity contribution in [3.8, 4) is 16.9 Å². The number of fused-ring (bicyclic) bond motifs is 5. The lowest BCUT2D eigenvalue weighted by Gasteiger charge is -2.22. The lowest BCUT2D eigenvalue weighted by Crippen LogP contribution is -2.42. The van der Waals surface area contributed by atoms with Gasteiger partial charge in [0.15, 0.2) is 5.78 Å². The quantitative estimate of drug-likeness (QED) is 0.445. The number of carbonyl (C=O) groups excluding carboxylic acids is 4. The fraction of sp³-hybridized carbons (Fsp3) is 0.310. The van der Waals surface area contributed by atoms with Crippen LogP contribution >= 0.6 is 11.3 Å². The van der Waals surface area contributed by atoms with Gasteiger partial charge in [-0.2, -0.15) is 0 Å². The van der Waals surface area contributed by atoms with Crippen LogP contribution in [0, 0.1) is 0 Å². The Morgan fingerprint density at radius 2 is 1.82 bits per heavy atom. The van der Waals surface area contributed by atoms with Crippen LogP contribution in [0.15, 0.2) is 53.9 Å². The van der Waals surface area contributed by atoms with Gasteiger partial charge in [0.2, 0.25) is 11.8 Å². The second-order valence-corrected chi connectivity index (χ2v) is 10.3. The summed E-state index contributed by atoms with van der Waals surface area (Å²) in [5.74, 6) is -0.589. The normalized spacial score (nSPS) is 15.1. The Bertz CT molecular complexity index is 1350. The molecular formula is C29H31N3O5S. The third-order valence-corrected chi connectivity index (χ3v) is 7.50. The van der Waals surface area contributed by atoms with Crippen molar-refractivity contribution in [2.45, 2.75) is 32.6 Å². The summed E-state index contributed by atoms with van der Waals surface area (Å²) in [7, 11) is 0. The molecule has 3 N–H and O–H groups in total. The second-order valence-electron chi connectivity index (χ2n) is 9.36. The van der Waals surface area contributed by atoms with Crippen molar-refractivity contribution >= 4 is 34.8 Å². The molecule has 9 heteroatoms. The average Bonchev–Trinajstić information content (AvgIpc) is 3.37. The molecule has 0 fully saturated rings. The van der Waals surface area contributed by atoms with Crippen molar-refractivity contribution < 1.29 is 24.3 Å². The number of hydrogen-bond acceptors (Lipinski definition) is 6. The van der Waals surface area contributed by atoms with Gasteiger partial charge >= 0.3 is 0 Å². The molecule has 0 atom stereocenters. The molecule has 3 amide bonds. The monoisotopic (exact) mass is 533 g/mol. The molecule has 0 saturated carbocycles. The SMILES string of the molecule is CC(=O)c1cc(CC(=O)N2CCCCNC(=O)c3cccc(c3)-c3cc(ccc3O)CCNC(=O)C2)cs1. The fourth-order valence-electron chi connectivity index (χ4n) is 4.34. The number of rotatable bonds is 3. The van der Waals surface area contributed by atoms with E-state index in [1.807, 2.05) is 12.1 Å². The molecule has 0 unspecified atom stereocenters. The van der Waals surface area contributed by atoms with Crippen molar-refractivity contribution in [3.63, 3.8) is 0 Å². The second kappa shape index (κ2) is 12.5. The minimum atomic E-state index is -0.255. The maximum Gasteiger partial charge on any atom is 0.251 e. The number of thiophene rings is 1. The van der Waals surface area contributed by atoms with Crippen molar-refractivity contribution in [1.82, 2.24) is 15.5 Å². The largest absolute Gasteiger partial charge is 0.507 e. The van der Waals surface area contributed by atoms with E-state index >= 15 is 0 Å². The summed E-state index contributed by atoms with van der Waals surface area (Å²) in [5.41, 5.74) is 3.52. The first-order valence-electron chi connectivity index (χ1n) is 12.6. The first-order valence-corrected chi connectivity index (χ1v) is 13.5. The zero-order valence-electron chi connectivity index (χ0n) is 21.3. The summed E-state index contributed by atoms with van der Waals surface area (Å²) in [5, 5.41) is 18.0. The number of nitrogens with zero attached hydrogens (tertiary/aromatic N) is 1.